The van der Waals surface area contributed by atoms with Crippen molar-refractivity contribution < 1.29 is 9.59 Å². The molecule has 0 spiro atoms. The molecule has 2 aromatic carbocycles. The Hall–Kier alpha value is -3.13. The van der Waals surface area contributed by atoms with Gasteiger partial charge in [-0.3, -0.25) is 9.59 Å². The summed E-state index contributed by atoms with van der Waals surface area (Å²) < 4.78 is 1.96. The molecule has 3 aromatic rings. The molecule has 0 fully saturated rings. The molecule has 0 bridgehead atoms. The van der Waals surface area contributed by atoms with Crippen LogP contribution in [0.5, 0.6) is 0 Å². The number of nitrogens with zero attached hydrogens (tertiary/aromatic N) is 3. The molecule has 1 aromatic heterocycles. The summed E-state index contributed by atoms with van der Waals surface area (Å²) >= 11 is 1.34. The number of nitrogens with one attached hydrogen (secondary N) is 2. The summed E-state index contributed by atoms with van der Waals surface area (Å²) in [5.41, 5.74) is 3.60. The first kappa shape index (κ1) is 24.5. The van der Waals surface area contributed by atoms with Crippen molar-refractivity contribution in [1.82, 2.24) is 20.1 Å². The van der Waals surface area contributed by atoms with Gasteiger partial charge >= 0.3 is 0 Å². The van der Waals surface area contributed by atoms with Crippen molar-refractivity contribution in [1.29, 1.82) is 0 Å². The number of benzene rings is 2. The Morgan fingerprint density at radius 1 is 1.06 bits per heavy atom. The average molecular weight is 466 g/mol. The van der Waals surface area contributed by atoms with Crippen molar-refractivity contribution >= 4 is 29.3 Å². The minimum Gasteiger partial charge on any atom is -0.342 e. The third-order valence-electron chi connectivity index (χ3n) is 5.32. The van der Waals surface area contributed by atoms with E-state index in [9.17, 15) is 9.59 Å². The number of carbonyl (C=O) groups is 2. The average Bonchev–Trinajstić information content (AvgIpc) is 3.20. The molecule has 1 atom stereocenters. The number of carbonyl (C=O) groups excluding carboxylic acids is 2. The molecule has 0 saturated heterocycles. The van der Waals surface area contributed by atoms with Crippen LogP contribution in [-0.2, 0) is 11.3 Å². The molecular formula is C25H31N5O2S. The van der Waals surface area contributed by atoms with Crippen LogP contribution in [0.15, 0.2) is 53.7 Å². The highest BCUT2D eigenvalue weighted by Gasteiger charge is 2.26. The fourth-order valence-electron chi connectivity index (χ4n) is 3.55. The van der Waals surface area contributed by atoms with Crippen LogP contribution in [0.25, 0.3) is 0 Å². The lowest BCUT2D eigenvalue weighted by atomic mass is 10.0. The van der Waals surface area contributed by atoms with Crippen molar-refractivity contribution in [2.24, 2.45) is 5.92 Å². The normalized spacial score (nSPS) is 11.9. The zero-order valence-corrected chi connectivity index (χ0v) is 20.6. The molecule has 2 amide bonds. The van der Waals surface area contributed by atoms with Gasteiger partial charge in [-0.15, -0.1) is 10.2 Å². The van der Waals surface area contributed by atoms with Crippen molar-refractivity contribution in [3.63, 3.8) is 0 Å². The monoisotopic (exact) mass is 465 g/mol. The molecular weight excluding hydrogens is 434 g/mol. The van der Waals surface area contributed by atoms with E-state index < -0.39 is 0 Å². The fourth-order valence-corrected chi connectivity index (χ4v) is 4.36. The number of amides is 2. The fraction of sp³-hybridized carbons (Fsp3) is 0.360. The summed E-state index contributed by atoms with van der Waals surface area (Å²) in [6, 6.07) is 14.8. The maximum Gasteiger partial charge on any atom is 0.251 e. The van der Waals surface area contributed by atoms with E-state index in [1.807, 2.05) is 75.6 Å². The van der Waals surface area contributed by atoms with Gasteiger partial charge in [-0.2, -0.15) is 0 Å². The smallest absolute Gasteiger partial charge is 0.251 e. The highest BCUT2D eigenvalue weighted by molar-refractivity contribution is 7.99. The zero-order chi connectivity index (χ0) is 24.0. The van der Waals surface area contributed by atoms with Gasteiger partial charge in [-0.05, 0) is 50.5 Å². The van der Waals surface area contributed by atoms with E-state index in [1.54, 1.807) is 12.1 Å². The van der Waals surface area contributed by atoms with E-state index in [-0.39, 0.29) is 29.5 Å². The summed E-state index contributed by atoms with van der Waals surface area (Å²) in [6.07, 6.45) is 0. The summed E-state index contributed by atoms with van der Waals surface area (Å²) in [5, 5.41) is 15.4. The molecule has 2 N–H and O–H groups in total. The highest BCUT2D eigenvalue weighted by Crippen LogP contribution is 2.26. The Kier molecular flexibility index (Phi) is 8.27. The Bertz CT molecular complexity index is 1110. The SMILES string of the molecule is CCn1c(SCC(=O)Nc2ccc(C)cc2C)nnc1C(NC(=O)c1ccccc1)C(C)C. The van der Waals surface area contributed by atoms with Crippen LogP contribution in [0.1, 0.15) is 54.1 Å². The molecule has 0 radical (unpaired) electrons. The quantitative estimate of drug-likeness (QED) is 0.444. The van der Waals surface area contributed by atoms with Crippen LogP contribution in [0.3, 0.4) is 0 Å². The lowest BCUT2D eigenvalue weighted by molar-refractivity contribution is -0.113. The predicted octanol–water partition coefficient (Wildman–Crippen LogP) is 4.77. The largest absolute Gasteiger partial charge is 0.342 e. The first-order chi connectivity index (χ1) is 15.8. The molecule has 0 aliphatic heterocycles. The second kappa shape index (κ2) is 11.1. The minimum absolute atomic E-state index is 0.100. The number of aryl methyl sites for hydroxylation is 2. The summed E-state index contributed by atoms with van der Waals surface area (Å²) in [5.74, 6) is 0.764. The van der Waals surface area contributed by atoms with Crippen LogP contribution in [0, 0.1) is 19.8 Å². The van der Waals surface area contributed by atoms with Gasteiger partial charge in [0, 0.05) is 17.8 Å². The first-order valence-electron chi connectivity index (χ1n) is 11.1. The molecule has 0 aliphatic carbocycles. The number of anilines is 1. The number of rotatable bonds is 9. The van der Waals surface area contributed by atoms with Crippen LogP contribution in [-0.4, -0.2) is 32.3 Å². The Morgan fingerprint density at radius 3 is 2.42 bits per heavy atom. The van der Waals surface area contributed by atoms with Gasteiger partial charge in [0.2, 0.25) is 5.91 Å². The van der Waals surface area contributed by atoms with E-state index >= 15 is 0 Å². The Balaban J connectivity index is 1.70. The standard InChI is InChI=1S/C25H31N5O2S/c1-6-30-23(22(16(2)3)27-24(32)19-10-8-7-9-11-19)28-29-25(30)33-15-21(31)26-20-13-12-17(4)14-18(20)5/h7-14,16,22H,6,15H2,1-5H3,(H,26,31)(H,27,32). The second-order valence-corrected chi connectivity index (χ2v) is 9.24. The maximum atomic E-state index is 12.7. The lowest BCUT2D eigenvalue weighted by Gasteiger charge is -2.22. The zero-order valence-electron chi connectivity index (χ0n) is 19.8. The summed E-state index contributed by atoms with van der Waals surface area (Å²) in [6.45, 7) is 10.7. The van der Waals surface area contributed by atoms with Gasteiger partial charge in [-0.1, -0.05) is 61.5 Å². The number of hydrogen-bond donors (Lipinski definition) is 2. The van der Waals surface area contributed by atoms with Gasteiger partial charge in [0.1, 0.15) is 0 Å². The second-order valence-electron chi connectivity index (χ2n) is 8.30. The summed E-state index contributed by atoms with van der Waals surface area (Å²) in [7, 11) is 0. The van der Waals surface area contributed by atoms with E-state index in [1.165, 1.54) is 11.8 Å². The van der Waals surface area contributed by atoms with Crippen LogP contribution < -0.4 is 10.6 Å². The van der Waals surface area contributed by atoms with Gasteiger partial charge in [0.25, 0.3) is 5.91 Å². The van der Waals surface area contributed by atoms with Crippen molar-refractivity contribution in [3.05, 3.63) is 71.0 Å². The number of aromatic nitrogens is 3. The third kappa shape index (κ3) is 6.22. The molecule has 0 saturated carbocycles. The third-order valence-corrected chi connectivity index (χ3v) is 6.28. The summed E-state index contributed by atoms with van der Waals surface area (Å²) in [4.78, 5) is 25.3. The number of hydrogen-bond acceptors (Lipinski definition) is 5. The molecule has 8 heteroatoms. The van der Waals surface area contributed by atoms with Gasteiger partial charge in [-0.25, -0.2) is 0 Å². The molecule has 0 aliphatic rings. The van der Waals surface area contributed by atoms with E-state index in [4.69, 9.17) is 0 Å². The van der Waals surface area contributed by atoms with E-state index in [2.05, 4.69) is 20.8 Å². The minimum atomic E-state index is -0.302. The van der Waals surface area contributed by atoms with Crippen molar-refractivity contribution in [3.8, 4) is 0 Å². The maximum absolute atomic E-state index is 12.7. The molecule has 174 valence electrons. The van der Waals surface area contributed by atoms with E-state index in [0.717, 1.165) is 16.8 Å². The molecule has 7 nitrogen and oxygen atoms in total. The van der Waals surface area contributed by atoms with Crippen LogP contribution >= 0.6 is 11.8 Å². The lowest BCUT2D eigenvalue weighted by Crippen LogP contribution is -2.33. The Labute approximate surface area is 199 Å². The topological polar surface area (TPSA) is 88.9 Å². The first-order valence-corrected chi connectivity index (χ1v) is 12.1. The van der Waals surface area contributed by atoms with Crippen LogP contribution in [0.2, 0.25) is 0 Å². The van der Waals surface area contributed by atoms with Crippen molar-refractivity contribution in [2.75, 3.05) is 11.1 Å². The molecule has 33 heavy (non-hydrogen) atoms. The molecule has 1 unspecified atom stereocenters. The van der Waals surface area contributed by atoms with Crippen molar-refractivity contribution in [2.45, 2.75) is 52.4 Å². The van der Waals surface area contributed by atoms with Gasteiger partial charge < -0.3 is 15.2 Å². The molecule has 3 rings (SSSR count). The molecule has 1 heterocycles. The van der Waals surface area contributed by atoms with Gasteiger partial charge in [0.15, 0.2) is 11.0 Å². The van der Waals surface area contributed by atoms with Crippen LogP contribution in [0.4, 0.5) is 5.69 Å². The predicted molar refractivity (Wildman–Crippen MR) is 132 cm³/mol. The van der Waals surface area contributed by atoms with E-state index in [0.29, 0.717) is 23.1 Å². The van der Waals surface area contributed by atoms with Gasteiger partial charge in [0.05, 0.1) is 11.8 Å². The number of thioether (sulfide) groups is 1. The highest BCUT2D eigenvalue weighted by atomic mass is 32.2. The Morgan fingerprint density at radius 2 is 1.79 bits per heavy atom.